The van der Waals surface area contributed by atoms with E-state index in [1.165, 1.54) is 4.88 Å². The summed E-state index contributed by atoms with van der Waals surface area (Å²) in [6, 6.07) is 6.11. The van der Waals surface area contributed by atoms with E-state index in [9.17, 15) is 0 Å². The van der Waals surface area contributed by atoms with Crippen molar-refractivity contribution in [1.82, 2.24) is 14.5 Å². The smallest absolute Gasteiger partial charge is 0.222 e. The van der Waals surface area contributed by atoms with Crippen LogP contribution in [0, 0.1) is 3.82 Å². The zero-order valence-corrected chi connectivity index (χ0v) is 11.6. The Labute approximate surface area is 118 Å². The highest BCUT2D eigenvalue weighted by molar-refractivity contribution is 7.73. The zero-order chi connectivity index (χ0) is 12.5. The van der Waals surface area contributed by atoms with Crippen molar-refractivity contribution in [2.75, 3.05) is 0 Å². The summed E-state index contributed by atoms with van der Waals surface area (Å²) < 4.78 is 3.03. The third-order valence-electron chi connectivity index (χ3n) is 2.57. The van der Waals surface area contributed by atoms with Crippen LogP contribution in [0.25, 0.3) is 10.6 Å². The van der Waals surface area contributed by atoms with E-state index in [-0.39, 0.29) is 5.28 Å². The number of nitrogens with zero attached hydrogens (tertiary/aromatic N) is 3. The Morgan fingerprint density at radius 2 is 2.11 bits per heavy atom. The molecule has 1 aromatic heterocycles. The molecule has 0 atom stereocenters. The van der Waals surface area contributed by atoms with Gasteiger partial charge in [-0.25, -0.2) is 9.97 Å². The standard InChI is InChI=1S/C12H8ClN3S2/c13-12-14-5-8(6-15-12)7-16-3-1-2-10-9(16)4-11(17)18-10/h1-6H,7H2. The van der Waals surface area contributed by atoms with Gasteiger partial charge in [0.05, 0.1) is 20.9 Å². The molecule has 90 valence electrons. The molecule has 3 nitrogen and oxygen atoms in total. The third kappa shape index (κ3) is 2.29. The first-order valence-corrected chi connectivity index (χ1v) is 6.88. The lowest BCUT2D eigenvalue weighted by atomic mass is 10.2. The van der Waals surface area contributed by atoms with Crippen molar-refractivity contribution >= 4 is 35.2 Å². The van der Waals surface area contributed by atoms with Gasteiger partial charge >= 0.3 is 0 Å². The number of hydrogen-bond donors (Lipinski definition) is 0. The lowest BCUT2D eigenvalue weighted by Crippen LogP contribution is -2.03. The fraction of sp³-hybridized carbons (Fsp3) is 0.0833. The number of pyridine rings is 1. The van der Waals surface area contributed by atoms with Crippen LogP contribution < -0.4 is 0 Å². The molecule has 0 radical (unpaired) electrons. The second-order valence-corrected chi connectivity index (χ2v) is 5.93. The van der Waals surface area contributed by atoms with E-state index in [4.69, 9.17) is 23.8 Å². The van der Waals surface area contributed by atoms with Crippen molar-refractivity contribution < 1.29 is 0 Å². The van der Waals surface area contributed by atoms with Crippen molar-refractivity contribution in [3.63, 3.8) is 0 Å². The number of thiophene rings is 1. The van der Waals surface area contributed by atoms with E-state index < -0.39 is 0 Å². The van der Waals surface area contributed by atoms with Crippen LogP contribution in [0.1, 0.15) is 5.56 Å². The summed E-state index contributed by atoms with van der Waals surface area (Å²) >= 11 is 12.5. The van der Waals surface area contributed by atoms with Gasteiger partial charge in [-0.2, -0.15) is 0 Å². The molecule has 0 spiro atoms. The molecule has 0 amide bonds. The minimum absolute atomic E-state index is 0.269. The molecular weight excluding hydrogens is 286 g/mol. The second kappa shape index (κ2) is 4.76. The van der Waals surface area contributed by atoms with E-state index >= 15 is 0 Å². The van der Waals surface area contributed by atoms with Crippen LogP contribution in [0.4, 0.5) is 0 Å². The lowest BCUT2D eigenvalue weighted by Gasteiger charge is -2.11. The normalized spacial score (nSPS) is 10.9. The van der Waals surface area contributed by atoms with Crippen LogP contribution in [0.15, 0.2) is 36.8 Å². The molecule has 6 heteroatoms. The van der Waals surface area contributed by atoms with Crippen LogP contribution in [0.3, 0.4) is 0 Å². The Hall–Kier alpha value is -1.30. The van der Waals surface area contributed by atoms with Crippen LogP contribution in [-0.4, -0.2) is 14.5 Å². The summed E-state index contributed by atoms with van der Waals surface area (Å²) in [6.45, 7) is 0.708. The predicted molar refractivity (Wildman–Crippen MR) is 75.9 cm³/mol. The maximum absolute atomic E-state index is 5.67. The first kappa shape index (κ1) is 11.8. The van der Waals surface area contributed by atoms with Crippen LogP contribution in [-0.2, 0) is 6.54 Å². The third-order valence-corrected chi connectivity index (χ3v) is 4.01. The van der Waals surface area contributed by atoms with Gasteiger partial charge in [0.15, 0.2) is 0 Å². The van der Waals surface area contributed by atoms with E-state index in [1.807, 2.05) is 18.3 Å². The van der Waals surface area contributed by atoms with Gasteiger partial charge in [-0.1, -0.05) is 12.2 Å². The SMILES string of the molecule is S=c1cc2n(Cc3cnc(Cl)nc3)cccc-2s1. The molecule has 3 rings (SSSR count). The monoisotopic (exact) mass is 293 g/mol. The zero-order valence-electron chi connectivity index (χ0n) is 9.21. The van der Waals surface area contributed by atoms with Crippen LogP contribution >= 0.6 is 35.2 Å². The fourth-order valence-electron chi connectivity index (χ4n) is 1.79. The molecular formula is C12H8ClN3S2. The minimum atomic E-state index is 0.269. The summed E-state index contributed by atoms with van der Waals surface area (Å²) in [7, 11) is 0. The lowest BCUT2D eigenvalue weighted by molar-refractivity contribution is 0.792. The number of halogens is 1. The highest BCUT2D eigenvalue weighted by atomic mass is 35.5. The van der Waals surface area contributed by atoms with Crippen molar-refractivity contribution in [2.24, 2.45) is 0 Å². The molecule has 0 bridgehead atoms. The van der Waals surface area contributed by atoms with Gasteiger partial charge in [-0.05, 0) is 29.8 Å². The fourth-order valence-corrected chi connectivity index (χ4v) is 3.08. The Morgan fingerprint density at radius 1 is 1.33 bits per heavy atom. The molecule has 0 unspecified atom stereocenters. The Kier molecular flexibility index (Phi) is 3.11. The van der Waals surface area contributed by atoms with Gasteiger partial charge < -0.3 is 4.57 Å². The number of rotatable bonds is 2. The van der Waals surface area contributed by atoms with Gasteiger partial charge in [-0.3, -0.25) is 0 Å². The molecule has 0 aromatic carbocycles. The van der Waals surface area contributed by atoms with Gasteiger partial charge in [0.2, 0.25) is 5.28 Å². The van der Waals surface area contributed by atoms with Crippen LogP contribution in [0.2, 0.25) is 5.28 Å². The van der Waals surface area contributed by atoms with Gasteiger partial charge in [0.1, 0.15) is 0 Å². The molecule has 0 fully saturated rings. The highest BCUT2D eigenvalue weighted by Crippen LogP contribution is 2.29. The van der Waals surface area contributed by atoms with Crippen LogP contribution in [0.5, 0.6) is 0 Å². The van der Waals surface area contributed by atoms with Crippen molar-refractivity contribution in [1.29, 1.82) is 0 Å². The van der Waals surface area contributed by atoms with Gasteiger partial charge in [0, 0.05) is 24.2 Å². The molecule has 0 N–H and O–H groups in total. The molecule has 0 aliphatic carbocycles. The molecule has 2 aliphatic rings. The topological polar surface area (TPSA) is 30.7 Å². The average Bonchev–Trinajstić information content (AvgIpc) is 2.73. The molecule has 0 saturated heterocycles. The van der Waals surface area contributed by atoms with E-state index in [1.54, 1.807) is 23.7 Å². The molecule has 3 heterocycles. The largest absolute Gasteiger partial charge is 0.342 e. The average molecular weight is 294 g/mol. The number of aromatic nitrogens is 3. The second-order valence-electron chi connectivity index (χ2n) is 3.81. The summed E-state index contributed by atoms with van der Waals surface area (Å²) in [6.07, 6.45) is 5.50. The maximum atomic E-state index is 5.67. The number of fused-ring (bicyclic) bond motifs is 1. The Morgan fingerprint density at radius 3 is 2.89 bits per heavy atom. The summed E-state index contributed by atoms with van der Waals surface area (Å²) in [4.78, 5) is 9.16. The molecule has 0 saturated carbocycles. The first-order chi connectivity index (χ1) is 8.72. The van der Waals surface area contributed by atoms with Crippen molar-refractivity contribution in [3.05, 3.63) is 51.5 Å². The van der Waals surface area contributed by atoms with Gasteiger partial charge in [0.25, 0.3) is 0 Å². The quantitative estimate of drug-likeness (QED) is 0.531. The molecule has 18 heavy (non-hydrogen) atoms. The van der Waals surface area contributed by atoms with E-state index in [0.29, 0.717) is 6.54 Å². The van der Waals surface area contributed by atoms with Gasteiger partial charge in [-0.15, -0.1) is 11.3 Å². The van der Waals surface area contributed by atoms with E-state index in [2.05, 4.69) is 20.6 Å². The summed E-state index contributed by atoms with van der Waals surface area (Å²) in [5.41, 5.74) is 2.15. The minimum Gasteiger partial charge on any atom is -0.342 e. The number of hydrogen-bond acceptors (Lipinski definition) is 4. The Balaban J connectivity index is 2.00. The molecule has 1 aromatic rings. The predicted octanol–water partition coefficient (Wildman–Crippen LogP) is 3.88. The van der Waals surface area contributed by atoms with Crippen molar-refractivity contribution in [2.45, 2.75) is 6.54 Å². The first-order valence-electron chi connectivity index (χ1n) is 5.28. The highest BCUT2D eigenvalue weighted by Gasteiger charge is 2.08. The Bertz CT molecular complexity index is 702. The summed E-state index contributed by atoms with van der Waals surface area (Å²) in [5.74, 6) is 0. The molecule has 2 aliphatic heterocycles. The van der Waals surface area contributed by atoms with E-state index in [0.717, 1.165) is 15.1 Å². The van der Waals surface area contributed by atoms with Crippen molar-refractivity contribution in [3.8, 4) is 10.6 Å². The maximum Gasteiger partial charge on any atom is 0.222 e. The summed E-state index contributed by atoms with van der Waals surface area (Å²) in [5, 5.41) is 0.269.